The van der Waals surface area contributed by atoms with Crippen LogP contribution in [0.1, 0.15) is 25.8 Å². The Morgan fingerprint density at radius 1 is 1.42 bits per heavy atom. The van der Waals surface area contributed by atoms with Crippen molar-refractivity contribution in [1.29, 1.82) is 0 Å². The highest BCUT2D eigenvalue weighted by Crippen LogP contribution is 2.24. The highest BCUT2D eigenvalue weighted by atomic mass is 19.1. The third-order valence-electron chi connectivity index (χ3n) is 4.11. The van der Waals surface area contributed by atoms with Gasteiger partial charge in [-0.1, -0.05) is 12.1 Å². The molecular weight excluding hydrogens is 313 g/mol. The Bertz CT molecular complexity index is 734. The van der Waals surface area contributed by atoms with E-state index in [0.29, 0.717) is 19.4 Å². The van der Waals surface area contributed by atoms with E-state index in [0.717, 1.165) is 0 Å². The number of benzene rings is 1. The molecule has 1 aromatic carbocycles. The highest BCUT2D eigenvalue weighted by Gasteiger charge is 2.33. The number of nitrogens with zero attached hydrogens (tertiary/aromatic N) is 4. The maximum absolute atomic E-state index is 14.0. The average Bonchev–Trinajstić information content (AvgIpc) is 3.11. The monoisotopic (exact) mass is 331 g/mol. The number of carbonyl (C=O) groups excluding carboxylic acids is 2. The average molecular weight is 331 g/mol. The third-order valence-corrected chi connectivity index (χ3v) is 4.11. The van der Waals surface area contributed by atoms with Crippen LogP contribution in [-0.2, 0) is 9.59 Å². The Morgan fingerprint density at radius 2 is 2.21 bits per heavy atom. The lowest BCUT2D eigenvalue weighted by molar-refractivity contribution is -0.130. The van der Waals surface area contributed by atoms with Crippen molar-refractivity contribution >= 4 is 17.5 Å². The summed E-state index contributed by atoms with van der Waals surface area (Å²) in [5.74, 6) is -1.08. The van der Waals surface area contributed by atoms with Gasteiger partial charge in [0.2, 0.25) is 11.8 Å². The van der Waals surface area contributed by atoms with E-state index < -0.39 is 17.9 Å². The van der Waals surface area contributed by atoms with Gasteiger partial charge in [0.05, 0.1) is 5.69 Å². The number of hydrogen-bond acceptors (Lipinski definition) is 4. The quantitative estimate of drug-likeness (QED) is 0.915. The molecule has 3 rings (SSSR count). The molecule has 2 amide bonds. The van der Waals surface area contributed by atoms with E-state index in [9.17, 15) is 14.0 Å². The van der Waals surface area contributed by atoms with Gasteiger partial charge in [-0.2, -0.15) is 5.10 Å². The van der Waals surface area contributed by atoms with Crippen LogP contribution in [0.5, 0.6) is 0 Å². The Balaban J connectivity index is 1.71. The minimum atomic E-state index is -0.670. The van der Waals surface area contributed by atoms with Crippen LogP contribution in [-0.4, -0.2) is 39.2 Å². The van der Waals surface area contributed by atoms with Gasteiger partial charge in [0.15, 0.2) is 0 Å². The zero-order valence-corrected chi connectivity index (χ0v) is 13.2. The number of hydrogen-bond donors (Lipinski definition) is 1. The van der Waals surface area contributed by atoms with Gasteiger partial charge in [0.25, 0.3) is 0 Å². The highest BCUT2D eigenvalue weighted by molar-refractivity contribution is 6.00. The number of para-hydroxylation sites is 1. The summed E-state index contributed by atoms with van der Waals surface area (Å²) in [5.41, 5.74) is 0.241. The van der Waals surface area contributed by atoms with Gasteiger partial charge in [0, 0.05) is 6.54 Å². The van der Waals surface area contributed by atoms with Gasteiger partial charge in [-0.15, -0.1) is 0 Å². The molecule has 2 atom stereocenters. The molecule has 1 aliphatic heterocycles. The first-order valence-corrected chi connectivity index (χ1v) is 7.78. The molecule has 0 aliphatic carbocycles. The number of amides is 2. The van der Waals surface area contributed by atoms with Crippen LogP contribution in [0.25, 0.3) is 0 Å². The van der Waals surface area contributed by atoms with Crippen molar-refractivity contribution in [3.63, 3.8) is 0 Å². The molecule has 0 spiro atoms. The van der Waals surface area contributed by atoms with Gasteiger partial charge in [-0.05, 0) is 31.9 Å². The molecule has 126 valence electrons. The van der Waals surface area contributed by atoms with Crippen LogP contribution in [0, 0.1) is 5.82 Å². The van der Waals surface area contributed by atoms with Crippen molar-refractivity contribution in [2.24, 2.45) is 0 Å². The first-order chi connectivity index (χ1) is 11.6. The van der Waals surface area contributed by atoms with Gasteiger partial charge in [-0.3, -0.25) is 9.59 Å². The minimum absolute atomic E-state index is 0.241. The van der Waals surface area contributed by atoms with Crippen LogP contribution < -0.4 is 10.2 Å². The topological polar surface area (TPSA) is 80.1 Å². The van der Waals surface area contributed by atoms with E-state index in [4.69, 9.17) is 0 Å². The van der Waals surface area contributed by atoms with Crippen molar-refractivity contribution in [3.05, 3.63) is 42.7 Å². The Kier molecular flexibility index (Phi) is 4.54. The fourth-order valence-electron chi connectivity index (χ4n) is 2.75. The van der Waals surface area contributed by atoms with E-state index in [1.54, 1.807) is 25.1 Å². The van der Waals surface area contributed by atoms with Gasteiger partial charge >= 0.3 is 0 Å². The molecule has 1 fully saturated rings. The Morgan fingerprint density at radius 3 is 2.92 bits per heavy atom. The molecule has 2 heterocycles. The second-order valence-electron chi connectivity index (χ2n) is 5.70. The lowest BCUT2D eigenvalue weighted by atomic mass is 10.0. The van der Waals surface area contributed by atoms with Crippen LogP contribution in [0.3, 0.4) is 0 Å². The standard InChI is InChI=1S/C16H18FN5O2/c1-11(22-10-18-9-19-22)15(23)20-13-6-4-8-21(16(13)24)14-7-3-2-5-12(14)17/h2-3,5,7,9-11,13H,4,6,8H2,1H3,(H,20,23)/t11-,13+/m1/s1. The largest absolute Gasteiger partial charge is 0.342 e. The molecule has 8 heteroatoms. The first-order valence-electron chi connectivity index (χ1n) is 7.78. The van der Waals surface area contributed by atoms with E-state index in [1.807, 2.05) is 0 Å². The smallest absolute Gasteiger partial charge is 0.249 e. The molecule has 2 aromatic rings. The van der Waals surface area contributed by atoms with Gasteiger partial charge in [0.1, 0.15) is 30.6 Å². The maximum atomic E-state index is 14.0. The first kappa shape index (κ1) is 16.1. The molecule has 1 N–H and O–H groups in total. The van der Waals surface area contributed by atoms with Crippen LogP contribution in [0.4, 0.5) is 10.1 Å². The number of halogens is 1. The summed E-state index contributed by atoms with van der Waals surface area (Å²) >= 11 is 0. The molecule has 1 aromatic heterocycles. The molecule has 0 radical (unpaired) electrons. The Labute approximate surface area is 138 Å². The van der Waals surface area contributed by atoms with Crippen molar-refractivity contribution in [2.75, 3.05) is 11.4 Å². The number of carbonyl (C=O) groups is 2. The normalized spacial score (nSPS) is 19.2. The van der Waals surface area contributed by atoms with Crippen molar-refractivity contribution in [2.45, 2.75) is 31.8 Å². The van der Waals surface area contributed by atoms with Gasteiger partial charge < -0.3 is 10.2 Å². The van der Waals surface area contributed by atoms with E-state index in [2.05, 4.69) is 15.4 Å². The van der Waals surface area contributed by atoms with Crippen LogP contribution >= 0.6 is 0 Å². The number of aromatic nitrogens is 3. The summed E-state index contributed by atoms with van der Waals surface area (Å²) in [6, 6.07) is 4.89. The summed E-state index contributed by atoms with van der Waals surface area (Å²) < 4.78 is 15.4. The second kappa shape index (κ2) is 6.77. The molecule has 1 aliphatic rings. The second-order valence-corrected chi connectivity index (χ2v) is 5.70. The molecule has 1 saturated heterocycles. The van der Waals surface area contributed by atoms with Crippen molar-refractivity contribution in [1.82, 2.24) is 20.1 Å². The number of anilines is 1. The van der Waals surface area contributed by atoms with Crippen molar-refractivity contribution < 1.29 is 14.0 Å². The SMILES string of the molecule is C[C@H](C(=O)N[C@H]1CCCN(c2ccccc2F)C1=O)n1cncn1. The summed E-state index contributed by atoms with van der Waals surface area (Å²) in [6.07, 6.45) is 4.00. The molecule has 0 bridgehead atoms. The fourth-order valence-corrected chi connectivity index (χ4v) is 2.75. The minimum Gasteiger partial charge on any atom is -0.342 e. The van der Waals surface area contributed by atoms with Crippen LogP contribution in [0.2, 0.25) is 0 Å². The zero-order chi connectivity index (χ0) is 17.1. The predicted molar refractivity (Wildman–Crippen MR) is 84.7 cm³/mol. The lowest BCUT2D eigenvalue weighted by Crippen LogP contribution is -2.53. The molecule has 7 nitrogen and oxygen atoms in total. The maximum Gasteiger partial charge on any atom is 0.249 e. The molecule has 0 saturated carbocycles. The van der Waals surface area contributed by atoms with Crippen molar-refractivity contribution in [3.8, 4) is 0 Å². The summed E-state index contributed by atoms with van der Waals surface area (Å²) in [6.45, 7) is 2.11. The van der Waals surface area contributed by atoms with Gasteiger partial charge in [-0.25, -0.2) is 14.1 Å². The lowest BCUT2D eigenvalue weighted by Gasteiger charge is -2.33. The number of piperidine rings is 1. The summed E-state index contributed by atoms with van der Waals surface area (Å²) in [7, 11) is 0. The number of rotatable bonds is 4. The zero-order valence-electron chi connectivity index (χ0n) is 13.2. The summed E-state index contributed by atoms with van der Waals surface area (Å²) in [5, 5.41) is 6.66. The number of nitrogens with one attached hydrogen (secondary N) is 1. The fraction of sp³-hybridized carbons (Fsp3) is 0.375. The van der Waals surface area contributed by atoms with Crippen LogP contribution in [0.15, 0.2) is 36.9 Å². The molecule has 24 heavy (non-hydrogen) atoms. The Hall–Kier alpha value is -2.77. The third kappa shape index (κ3) is 3.12. The van der Waals surface area contributed by atoms with E-state index in [-0.39, 0.29) is 17.5 Å². The molecule has 0 unspecified atom stereocenters. The summed E-state index contributed by atoms with van der Waals surface area (Å²) in [4.78, 5) is 30.1. The van der Waals surface area contributed by atoms with E-state index in [1.165, 1.54) is 28.3 Å². The molecular formula is C16H18FN5O2. The predicted octanol–water partition coefficient (Wildman–Crippen LogP) is 1.29. The van der Waals surface area contributed by atoms with E-state index >= 15 is 0 Å².